The Kier molecular flexibility index (Phi) is 7.03. The van der Waals surface area contributed by atoms with E-state index in [-0.39, 0.29) is 23.6 Å². The molecule has 3 N–H and O–H groups in total. The van der Waals surface area contributed by atoms with Crippen molar-refractivity contribution in [3.63, 3.8) is 0 Å². The molecule has 222 valence electrons. The maximum atomic E-state index is 11.5. The molecule has 8 heteroatoms. The standard InChI is InChI=1S/C35H36N2O6/c1-37-13-11-22-17-30(40-2)31-19-25(22)27(37)15-21-6-9-28(38)29(16-21)42-24-7-4-20(5-8-24)14-26-33-23(10-12-36-26)18-32(41-3)34(39)35(33)43-31/h4-9,16-19,26-27,36,38-39H,10-15H2,1-3H3. The lowest BCUT2D eigenvalue weighted by molar-refractivity contribution is 0.228. The Bertz CT molecular complexity index is 1690. The largest absolute Gasteiger partial charge is 0.504 e. The van der Waals surface area contributed by atoms with E-state index in [1.165, 1.54) is 5.56 Å². The maximum Gasteiger partial charge on any atom is 0.201 e. The first kappa shape index (κ1) is 27.4. The molecular formula is C35H36N2O6. The molecule has 0 radical (unpaired) electrons. The number of rotatable bonds is 2. The van der Waals surface area contributed by atoms with Crippen molar-refractivity contribution in [2.45, 2.75) is 37.8 Å². The number of likely N-dealkylation sites (N-methyl/N-ethyl adjacent to an activating group) is 1. The first-order chi connectivity index (χ1) is 20.9. The minimum absolute atomic E-state index is 0.0295. The van der Waals surface area contributed by atoms with Crippen molar-refractivity contribution in [3.05, 3.63) is 94.0 Å². The molecule has 0 aromatic heterocycles. The number of aromatic hydroxyl groups is 2. The second-order valence-electron chi connectivity index (χ2n) is 11.6. The summed E-state index contributed by atoms with van der Waals surface area (Å²) in [5, 5.41) is 25.8. The van der Waals surface area contributed by atoms with Gasteiger partial charge in [-0.25, -0.2) is 0 Å². The normalized spacial score (nSPS) is 19.3. The Balaban J connectivity index is 1.43. The van der Waals surface area contributed by atoms with E-state index in [4.69, 9.17) is 18.9 Å². The molecule has 6 bridgehead atoms. The highest BCUT2D eigenvalue weighted by Crippen LogP contribution is 2.50. The quantitative estimate of drug-likeness (QED) is 0.258. The smallest absolute Gasteiger partial charge is 0.201 e. The summed E-state index contributed by atoms with van der Waals surface area (Å²) in [5.74, 6) is 3.08. The summed E-state index contributed by atoms with van der Waals surface area (Å²) in [5.41, 5.74) is 6.47. The fraction of sp³-hybridized carbons (Fsp3) is 0.314. The molecule has 0 saturated carbocycles. The molecule has 4 aromatic carbocycles. The van der Waals surface area contributed by atoms with Gasteiger partial charge in [0.1, 0.15) is 5.75 Å². The summed E-state index contributed by atoms with van der Waals surface area (Å²) in [7, 11) is 5.34. The van der Waals surface area contributed by atoms with Gasteiger partial charge in [-0.1, -0.05) is 18.2 Å². The monoisotopic (exact) mass is 580 g/mol. The fourth-order valence-electron chi connectivity index (χ4n) is 6.69. The number of nitrogens with zero attached hydrogens (tertiary/aromatic N) is 1. The van der Waals surface area contributed by atoms with Crippen LogP contribution in [0.5, 0.6) is 46.0 Å². The Morgan fingerprint density at radius 2 is 1.58 bits per heavy atom. The summed E-state index contributed by atoms with van der Waals surface area (Å²) in [6.07, 6.45) is 3.03. The molecule has 2 atom stereocenters. The van der Waals surface area contributed by atoms with Crippen molar-refractivity contribution in [1.82, 2.24) is 10.2 Å². The van der Waals surface area contributed by atoms with Crippen LogP contribution in [0.3, 0.4) is 0 Å². The van der Waals surface area contributed by atoms with Crippen molar-refractivity contribution in [1.29, 1.82) is 0 Å². The van der Waals surface area contributed by atoms with Gasteiger partial charge in [-0.05, 0) is 110 Å². The van der Waals surface area contributed by atoms with E-state index in [0.717, 1.165) is 53.7 Å². The van der Waals surface area contributed by atoms with E-state index in [1.807, 2.05) is 42.5 Å². The third-order valence-electron chi connectivity index (χ3n) is 9.00. The topological polar surface area (TPSA) is 92.7 Å². The molecule has 4 aromatic rings. The third-order valence-corrected chi connectivity index (χ3v) is 9.00. The van der Waals surface area contributed by atoms with Gasteiger partial charge in [0.2, 0.25) is 5.75 Å². The Labute approximate surface area is 251 Å². The molecular weight excluding hydrogens is 544 g/mol. The zero-order valence-corrected chi connectivity index (χ0v) is 24.6. The van der Waals surface area contributed by atoms with E-state index in [2.05, 4.69) is 29.4 Å². The Morgan fingerprint density at radius 1 is 0.814 bits per heavy atom. The third kappa shape index (κ3) is 5.00. The number of phenols is 2. The number of fused-ring (bicyclic) bond motifs is 2. The van der Waals surface area contributed by atoms with Crippen LogP contribution in [-0.2, 0) is 25.7 Å². The van der Waals surface area contributed by atoms with Crippen LogP contribution in [0, 0.1) is 0 Å². The van der Waals surface area contributed by atoms with Gasteiger partial charge in [-0.2, -0.15) is 0 Å². The number of methoxy groups -OCH3 is 2. The number of hydrogen-bond donors (Lipinski definition) is 3. The molecule has 2 unspecified atom stereocenters. The highest BCUT2D eigenvalue weighted by atomic mass is 16.5. The Morgan fingerprint density at radius 3 is 2.37 bits per heavy atom. The van der Waals surface area contributed by atoms with E-state index in [0.29, 0.717) is 47.3 Å². The van der Waals surface area contributed by atoms with Gasteiger partial charge in [0.05, 0.1) is 14.2 Å². The van der Waals surface area contributed by atoms with Gasteiger partial charge in [-0.15, -0.1) is 0 Å². The molecule has 0 fully saturated rings. The molecule has 0 saturated heterocycles. The number of phenolic OH excluding ortho intramolecular Hbond substituents is 2. The predicted molar refractivity (Wildman–Crippen MR) is 163 cm³/mol. The molecule has 4 heterocycles. The second kappa shape index (κ2) is 11.0. The van der Waals surface area contributed by atoms with Crippen molar-refractivity contribution in [3.8, 4) is 46.0 Å². The van der Waals surface area contributed by atoms with Crippen LogP contribution in [-0.4, -0.2) is 49.5 Å². The van der Waals surface area contributed by atoms with Crippen LogP contribution in [0.2, 0.25) is 0 Å². The van der Waals surface area contributed by atoms with Crippen molar-refractivity contribution in [2.24, 2.45) is 0 Å². The number of hydrogen-bond acceptors (Lipinski definition) is 8. The van der Waals surface area contributed by atoms with Gasteiger partial charge in [0.15, 0.2) is 34.5 Å². The zero-order valence-electron chi connectivity index (χ0n) is 24.6. The minimum atomic E-state index is -0.107. The minimum Gasteiger partial charge on any atom is -0.504 e. The predicted octanol–water partition coefficient (Wildman–Crippen LogP) is 6.21. The summed E-state index contributed by atoms with van der Waals surface area (Å²) in [6, 6.07) is 19.5. The van der Waals surface area contributed by atoms with Gasteiger partial charge >= 0.3 is 0 Å². The molecule has 0 aliphatic carbocycles. The first-order valence-electron chi connectivity index (χ1n) is 14.8. The van der Waals surface area contributed by atoms with Crippen LogP contribution in [0.25, 0.3) is 0 Å². The van der Waals surface area contributed by atoms with Crippen molar-refractivity contribution >= 4 is 0 Å². The molecule has 8 rings (SSSR count). The van der Waals surface area contributed by atoms with Gasteiger partial charge in [-0.3, -0.25) is 4.90 Å². The van der Waals surface area contributed by atoms with Gasteiger partial charge in [0.25, 0.3) is 0 Å². The zero-order chi connectivity index (χ0) is 29.7. The highest BCUT2D eigenvalue weighted by Gasteiger charge is 2.32. The fourth-order valence-corrected chi connectivity index (χ4v) is 6.69. The average molecular weight is 581 g/mol. The van der Waals surface area contributed by atoms with E-state index in [1.54, 1.807) is 20.3 Å². The summed E-state index contributed by atoms with van der Waals surface area (Å²) in [6.45, 7) is 1.68. The van der Waals surface area contributed by atoms with Gasteiger partial charge < -0.3 is 34.5 Å². The SMILES string of the molecule is COc1cc2c3cc1Oc1c(O)c(OC)cc4c1C(Cc1ccc(cc1)Oc1cc(ccc1O)CC3N(C)CC2)NCC4. The highest BCUT2D eigenvalue weighted by molar-refractivity contribution is 5.63. The van der Waals surface area contributed by atoms with Crippen LogP contribution in [0.1, 0.15) is 45.5 Å². The summed E-state index contributed by atoms with van der Waals surface area (Å²) < 4.78 is 24.3. The molecule has 0 spiro atoms. The molecule has 43 heavy (non-hydrogen) atoms. The number of ether oxygens (including phenoxy) is 4. The molecule has 0 amide bonds. The van der Waals surface area contributed by atoms with E-state index < -0.39 is 0 Å². The lowest BCUT2D eigenvalue weighted by atomic mass is 9.88. The molecule has 4 aliphatic rings. The summed E-state index contributed by atoms with van der Waals surface area (Å²) in [4.78, 5) is 2.34. The van der Waals surface area contributed by atoms with Crippen LogP contribution in [0.4, 0.5) is 0 Å². The van der Waals surface area contributed by atoms with Crippen LogP contribution in [0.15, 0.2) is 60.7 Å². The van der Waals surface area contributed by atoms with Crippen molar-refractivity contribution in [2.75, 3.05) is 34.4 Å². The number of benzene rings is 4. The Hall–Kier alpha value is -4.40. The second-order valence-corrected chi connectivity index (χ2v) is 11.6. The maximum absolute atomic E-state index is 11.5. The van der Waals surface area contributed by atoms with Crippen molar-refractivity contribution < 1.29 is 29.2 Å². The number of nitrogens with one attached hydrogen (secondary N) is 1. The first-order valence-corrected chi connectivity index (χ1v) is 14.8. The van der Waals surface area contributed by atoms with Gasteiger partial charge in [0, 0.05) is 24.2 Å². The van der Waals surface area contributed by atoms with Crippen LogP contribution >= 0.6 is 0 Å². The molecule has 8 nitrogen and oxygen atoms in total. The lowest BCUT2D eigenvalue weighted by Gasteiger charge is -2.36. The van der Waals surface area contributed by atoms with E-state index in [9.17, 15) is 10.2 Å². The average Bonchev–Trinajstić information content (AvgIpc) is 3.01. The van der Waals surface area contributed by atoms with E-state index >= 15 is 0 Å². The molecule has 4 aliphatic heterocycles. The summed E-state index contributed by atoms with van der Waals surface area (Å²) >= 11 is 0. The lowest BCUT2D eigenvalue weighted by Crippen LogP contribution is -2.33. The van der Waals surface area contributed by atoms with Crippen LogP contribution < -0.4 is 24.3 Å².